The molecule has 1 saturated heterocycles. The second-order valence-corrected chi connectivity index (χ2v) is 8.77. The van der Waals surface area contributed by atoms with Crippen LogP contribution < -0.4 is 16.0 Å². The minimum absolute atomic E-state index is 0.184. The molecule has 4 rings (SSSR count). The number of primary amides is 1. The molecule has 0 aromatic carbocycles. The maximum Gasteiger partial charge on any atom is 0.235 e. The zero-order chi connectivity index (χ0) is 21.8. The van der Waals surface area contributed by atoms with E-state index < -0.39 is 11.2 Å². The molecule has 1 unspecified atom stereocenters. The fourth-order valence-electron chi connectivity index (χ4n) is 3.88. The van der Waals surface area contributed by atoms with Gasteiger partial charge in [-0.2, -0.15) is 10.5 Å². The predicted octanol–water partition coefficient (Wildman–Crippen LogP) is 2.22. The number of nitrogens with zero attached hydrogens (tertiary/aromatic N) is 5. The lowest BCUT2D eigenvalue weighted by Gasteiger charge is -2.25. The van der Waals surface area contributed by atoms with Crippen molar-refractivity contribution in [2.75, 3.05) is 31.1 Å². The molecule has 31 heavy (non-hydrogen) atoms. The molecule has 0 bridgehead atoms. The highest BCUT2D eigenvalue weighted by atomic mass is 32.2. The van der Waals surface area contributed by atoms with Gasteiger partial charge < -0.3 is 16.0 Å². The first-order chi connectivity index (χ1) is 15.1. The number of hydrogen-bond acceptors (Lipinski definition) is 8. The summed E-state index contributed by atoms with van der Waals surface area (Å²) in [6.45, 7) is 3.22. The molecule has 2 aliphatic rings. The minimum atomic E-state index is -0.707. The summed E-state index contributed by atoms with van der Waals surface area (Å²) < 4.78 is 0. The second-order valence-electron chi connectivity index (χ2n) is 7.67. The van der Waals surface area contributed by atoms with Crippen LogP contribution in [0, 0.1) is 22.7 Å². The van der Waals surface area contributed by atoms with E-state index in [1.807, 2.05) is 0 Å². The van der Waals surface area contributed by atoms with Crippen molar-refractivity contribution in [3.63, 3.8) is 0 Å². The number of nitrogens with one attached hydrogen (secondary N) is 1. The van der Waals surface area contributed by atoms with E-state index in [0.29, 0.717) is 27.5 Å². The van der Waals surface area contributed by atoms with Crippen molar-refractivity contribution < 1.29 is 4.79 Å². The van der Waals surface area contributed by atoms with Crippen molar-refractivity contribution in [1.82, 2.24) is 15.3 Å². The predicted molar refractivity (Wildman–Crippen MR) is 117 cm³/mol. The Balaban J connectivity index is 1.84. The number of nitriles is 2. The first kappa shape index (κ1) is 21.1. The molecule has 2 aromatic rings. The molecule has 1 amide bonds. The molecule has 2 aromatic heterocycles. The summed E-state index contributed by atoms with van der Waals surface area (Å²) in [5, 5.41) is 23.1. The minimum Gasteiger partial charge on any atom is -0.368 e. The SMILES string of the molecule is N#Cc1c(SC(C(N)=O)c2ccncc2)nc(N2CCCNCC2)c(C#N)c1C1CC1. The van der Waals surface area contributed by atoms with Crippen LogP contribution in [-0.2, 0) is 4.79 Å². The van der Waals surface area contributed by atoms with E-state index in [4.69, 9.17) is 10.7 Å². The maximum absolute atomic E-state index is 12.3. The highest BCUT2D eigenvalue weighted by Gasteiger charge is 2.35. The molecule has 1 atom stereocenters. The lowest BCUT2D eigenvalue weighted by Crippen LogP contribution is -2.30. The van der Waals surface area contributed by atoms with Gasteiger partial charge in [0.1, 0.15) is 28.2 Å². The summed E-state index contributed by atoms with van der Waals surface area (Å²) in [6.07, 6.45) is 6.04. The van der Waals surface area contributed by atoms with Crippen molar-refractivity contribution in [2.24, 2.45) is 5.73 Å². The third-order valence-electron chi connectivity index (χ3n) is 5.53. The zero-order valence-electron chi connectivity index (χ0n) is 17.0. The maximum atomic E-state index is 12.3. The molecule has 1 aliphatic carbocycles. The summed E-state index contributed by atoms with van der Waals surface area (Å²) in [5.41, 5.74) is 8.07. The summed E-state index contributed by atoms with van der Waals surface area (Å²) in [5.74, 6) is 0.274. The van der Waals surface area contributed by atoms with E-state index in [9.17, 15) is 15.3 Å². The fourth-order valence-corrected chi connectivity index (χ4v) is 4.92. The molecule has 0 radical (unpaired) electrons. The van der Waals surface area contributed by atoms with E-state index in [1.165, 1.54) is 11.8 Å². The van der Waals surface area contributed by atoms with Gasteiger partial charge in [0, 0.05) is 32.0 Å². The normalized spacial score (nSPS) is 17.3. The van der Waals surface area contributed by atoms with Crippen LogP contribution in [0.2, 0.25) is 0 Å². The summed E-state index contributed by atoms with van der Waals surface area (Å²) in [4.78, 5) is 23.2. The summed E-state index contributed by atoms with van der Waals surface area (Å²) >= 11 is 1.18. The summed E-state index contributed by atoms with van der Waals surface area (Å²) in [6, 6.07) is 8.07. The van der Waals surface area contributed by atoms with Crippen molar-refractivity contribution in [2.45, 2.75) is 35.5 Å². The van der Waals surface area contributed by atoms with Crippen molar-refractivity contribution in [1.29, 1.82) is 10.5 Å². The molecular formula is C22H23N7OS. The van der Waals surface area contributed by atoms with Gasteiger partial charge in [0.25, 0.3) is 0 Å². The Bertz CT molecular complexity index is 1050. The van der Waals surface area contributed by atoms with Crippen LogP contribution in [0.1, 0.15) is 52.7 Å². The van der Waals surface area contributed by atoms with Crippen LogP contribution in [0.3, 0.4) is 0 Å². The third kappa shape index (κ3) is 4.48. The molecule has 3 heterocycles. The molecule has 2 fully saturated rings. The number of nitrogens with two attached hydrogens (primary N) is 1. The van der Waals surface area contributed by atoms with Crippen LogP contribution in [0.4, 0.5) is 5.82 Å². The zero-order valence-corrected chi connectivity index (χ0v) is 17.9. The number of carbonyl (C=O) groups excluding carboxylic acids is 1. The van der Waals surface area contributed by atoms with Crippen molar-refractivity contribution in [3.8, 4) is 12.1 Å². The largest absolute Gasteiger partial charge is 0.368 e. The number of aromatic nitrogens is 2. The van der Waals surface area contributed by atoms with E-state index in [1.54, 1.807) is 24.5 Å². The van der Waals surface area contributed by atoms with Gasteiger partial charge in [-0.1, -0.05) is 11.8 Å². The smallest absolute Gasteiger partial charge is 0.235 e. The number of pyridine rings is 2. The van der Waals surface area contributed by atoms with E-state index in [0.717, 1.165) is 51.0 Å². The van der Waals surface area contributed by atoms with Gasteiger partial charge in [0.15, 0.2) is 0 Å². The highest BCUT2D eigenvalue weighted by molar-refractivity contribution is 8.00. The first-order valence-electron chi connectivity index (χ1n) is 10.3. The molecule has 158 valence electrons. The number of rotatable bonds is 6. The Hall–Kier alpha value is -3.14. The van der Waals surface area contributed by atoms with Crippen molar-refractivity contribution >= 4 is 23.5 Å². The Kier molecular flexibility index (Phi) is 6.36. The fraction of sp³-hybridized carbons (Fsp3) is 0.409. The molecular weight excluding hydrogens is 410 g/mol. The number of carbonyl (C=O) groups is 1. The topological polar surface area (TPSA) is 132 Å². The Morgan fingerprint density at radius 2 is 1.94 bits per heavy atom. The number of amides is 1. The highest BCUT2D eigenvalue weighted by Crippen LogP contribution is 2.48. The molecule has 1 saturated carbocycles. The van der Waals surface area contributed by atoms with Gasteiger partial charge >= 0.3 is 0 Å². The monoisotopic (exact) mass is 433 g/mol. The molecule has 0 spiro atoms. The Morgan fingerprint density at radius 1 is 1.19 bits per heavy atom. The van der Waals surface area contributed by atoms with E-state index >= 15 is 0 Å². The number of thioether (sulfide) groups is 1. The van der Waals surface area contributed by atoms with Gasteiger partial charge in [-0.25, -0.2) is 4.98 Å². The quantitative estimate of drug-likeness (QED) is 0.663. The second kappa shape index (κ2) is 9.34. The van der Waals surface area contributed by atoms with Crippen LogP contribution >= 0.6 is 11.8 Å². The standard InChI is InChI=1S/C22H23N7OS/c23-12-16-18(14-2-3-14)17(13-24)22(28-21(16)29-10-1-6-26-9-11-29)31-19(20(25)30)15-4-7-27-8-5-15/h4-5,7-8,14,19,26H,1-3,6,9-11H2,(H2,25,30). The first-order valence-corrected chi connectivity index (χ1v) is 11.2. The van der Waals surface area contributed by atoms with Gasteiger partial charge in [0.05, 0.1) is 11.1 Å². The average Bonchev–Trinajstić information content (AvgIpc) is 3.64. The number of anilines is 1. The van der Waals surface area contributed by atoms with Gasteiger partial charge in [-0.3, -0.25) is 9.78 Å². The number of hydrogen-bond donors (Lipinski definition) is 2. The lowest BCUT2D eigenvalue weighted by atomic mass is 9.99. The van der Waals surface area contributed by atoms with Crippen molar-refractivity contribution in [3.05, 3.63) is 46.8 Å². The van der Waals surface area contributed by atoms with Crippen LogP contribution in [0.25, 0.3) is 0 Å². The lowest BCUT2D eigenvalue weighted by molar-refractivity contribution is -0.117. The van der Waals surface area contributed by atoms with E-state index in [-0.39, 0.29) is 5.92 Å². The van der Waals surface area contributed by atoms with Gasteiger partial charge in [-0.05, 0) is 55.0 Å². The summed E-state index contributed by atoms with van der Waals surface area (Å²) in [7, 11) is 0. The molecule has 9 heteroatoms. The Morgan fingerprint density at radius 3 is 2.58 bits per heavy atom. The average molecular weight is 434 g/mol. The molecule has 3 N–H and O–H groups in total. The van der Waals surface area contributed by atoms with Crippen LogP contribution in [0.5, 0.6) is 0 Å². The van der Waals surface area contributed by atoms with E-state index in [2.05, 4.69) is 27.3 Å². The van der Waals surface area contributed by atoms with Gasteiger partial charge in [0.2, 0.25) is 5.91 Å². The van der Waals surface area contributed by atoms with Crippen LogP contribution in [-0.4, -0.2) is 42.1 Å². The molecule has 1 aliphatic heterocycles. The third-order valence-corrected chi connectivity index (χ3v) is 6.79. The molecule has 8 nitrogen and oxygen atoms in total. The van der Waals surface area contributed by atoms with Gasteiger partial charge in [-0.15, -0.1) is 0 Å². The van der Waals surface area contributed by atoms with Crippen LogP contribution in [0.15, 0.2) is 29.6 Å². The Labute approximate surface area is 185 Å².